The molecule has 180 valence electrons. The number of rotatable bonds is 7. The number of nitrogens with two attached hydrogens (primary N) is 1. The molecule has 14 heteroatoms. The molecule has 0 spiro atoms. The lowest BCUT2D eigenvalue weighted by Gasteiger charge is -2.18. The van der Waals surface area contributed by atoms with Gasteiger partial charge in [0.25, 0.3) is 5.91 Å². The molecule has 1 aliphatic heterocycles. The minimum atomic E-state index is -0.569. The van der Waals surface area contributed by atoms with Gasteiger partial charge in [0.15, 0.2) is 5.69 Å². The average Bonchev–Trinajstić information content (AvgIpc) is 3.31. The molecule has 1 amide bonds. The van der Waals surface area contributed by atoms with Crippen molar-refractivity contribution in [1.82, 2.24) is 35.6 Å². The third kappa shape index (κ3) is 5.29. The van der Waals surface area contributed by atoms with Gasteiger partial charge in [-0.3, -0.25) is 9.69 Å². The van der Waals surface area contributed by atoms with Crippen LogP contribution in [0.4, 0.5) is 5.82 Å². The summed E-state index contributed by atoms with van der Waals surface area (Å²) < 4.78 is 11.2. The van der Waals surface area contributed by atoms with E-state index >= 15 is 0 Å². The first kappa shape index (κ1) is 23.9. The number of likely N-dealkylation sites (tertiary alicyclic amines) is 1. The van der Waals surface area contributed by atoms with E-state index in [1.54, 1.807) is 12.1 Å². The second-order valence-electron chi connectivity index (χ2n) is 7.67. The highest BCUT2D eigenvalue weighted by Gasteiger charge is 2.26. The second kappa shape index (κ2) is 10.8. The molecule has 1 aromatic carbocycles. The molecule has 0 saturated carbocycles. The Morgan fingerprint density at radius 2 is 2.03 bits per heavy atom. The van der Waals surface area contributed by atoms with Gasteiger partial charge in [-0.05, 0) is 48.4 Å². The van der Waals surface area contributed by atoms with Crippen molar-refractivity contribution in [3.8, 4) is 11.6 Å². The maximum Gasteiger partial charge on any atom is 0.292 e. The molecule has 0 atom stereocenters. The van der Waals surface area contributed by atoms with Gasteiger partial charge in [-0.1, -0.05) is 41.3 Å². The zero-order valence-electron chi connectivity index (χ0n) is 18.4. The van der Waals surface area contributed by atoms with Crippen molar-refractivity contribution < 1.29 is 14.2 Å². The fraction of sp³-hybridized carbons (Fsp3) is 0.400. The standard InChI is InChI=1S/C20H23Cl2N9O3/c1-33-17-12(8-13(21)9-14(17)22)10-24-26-20(32)16-15(11-30-6-4-2-3-5-7-30)25-29-31(16)19-18(23)27-34-28-19/h8-10H,2-7,11H2,1H3,(H2,23,27)(H,26,32). The molecule has 4 rings (SSSR count). The summed E-state index contributed by atoms with van der Waals surface area (Å²) >= 11 is 12.2. The van der Waals surface area contributed by atoms with Gasteiger partial charge in [0.1, 0.15) is 11.4 Å². The van der Waals surface area contributed by atoms with Gasteiger partial charge in [0.2, 0.25) is 11.6 Å². The van der Waals surface area contributed by atoms with Gasteiger partial charge >= 0.3 is 0 Å². The molecule has 3 aromatic rings. The van der Waals surface area contributed by atoms with Crippen molar-refractivity contribution in [1.29, 1.82) is 0 Å². The molecule has 1 saturated heterocycles. The van der Waals surface area contributed by atoms with E-state index in [0.29, 0.717) is 33.6 Å². The van der Waals surface area contributed by atoms with E-state index in [2.05, 4.69) is 40.7 Å². The van der Waals surface area contributed by atoms with Gasteiger partial charge in [0, 0.05) is 17.1 Å². The number of ether oxygens (including phenoxy) is 1. The number of carbonyl (C=O) groups is 1. The number of aromatic nitrogens is 5. The Bertz CT molecular complexity index is 1190. The van der Waals surface area contributed by atoms with Crippen LogP contribution < -0.4 is 15.9 Å². The molecular formula is C20H23Cl2N9O3. The average molecular weight is 508 g/mol. The van der Waals surface area contributed by atoms with Gasteiger partial charge in [-0.2, -0.15) is 9.78 Å². The number of halogens is 2. The van der Waals surface area contributed by atoms with Crippen LogP contribution in [0.3, 0.4) is 0 Å². The highest BCUT2D eigenvalue weighted by atomic mass is 35.5. The molecule has 2 aromatic heterocycles. The molecule has 0 bridgehead atoms. The topological polar surface area (TPSA) is 150 Å². The van der Waals surface area contributed by atoms with Crippen molar-refractivity contribution in [3.05, 3.63) is 39.1 Å². The van der Waals surface area contributed by atoms with E-state index in [1.165, 1.54) is 30.8 Å². The third-order valence-corrected chi connectivity index (χ3v) is 5.83. The second-order valence-corrected chi connectivity index (χ2v) is 8.51. The monoisotopic (exact) mass is 507 g/mol. The number of nitrogens with zero attached hydrogens (tertiary/aromatic N) is 7. The van der Waals surface area contributed by atoms with Crippen LogP contribution in [-0.4, -0.2) is 62.5 Å². The fourth-order valence-electron chi connectivity index (χ4n) is 3.74. The van der Waals surface area contributed by atoms with Crippen molar-refractivity contribution in [2.24, 2.45) is 5.10 Å². The zero-order valence-corrected chi connectivity index (χ0v) is 19.9. The Morgan fingerprint density at radius 1 is 1.26 bits per heavy atom. The number of nitrogen functional groups attached to an aromatic ring is 1. The Hall–Kier alpha value is -3.22. The lowest BCUT2D eigenvalue weighted by Crippen LogP contribution is -2.28. The molecule has 34 heavy (non-hydrogen) atoms. The number of amides is 1. The molecule has 1 aliphatic rings. The highest BCUT2D eigenvalue weighted by Crippen LogP contribution is 2.31. The van der Waals surface area contributed by atoms with Crippen molar-refractivity contribution in [3.63, 3.8) is 0 Å². The first-order valence-electron chi connectivity index (χ1n) is 10.6. The zero-order chi connectivity index (χ0) is 24.1. The van der Waals surface area contributed by atoms with E-state index in [4.69, 9.17) is 33.7 Å². The Balaban J connectivity index is 1.61. The smallest absolute Gasteiger partial charge is 0.292 e. The van der Waals surface area contributed by atoms with E-state index in [0.717, 1.165) is 25.9 Å². The van der Waals surface area contributed by atoms with Crippen LogP contribution >= 0.6 is 23.2 Å². The molecular weight excluding hydrogens is 485 g/mol. The summed E-state index contributed by atoms with van der Waals surface area (Å²) in [5.74, 6) is -0.159. The number of hydrazone groups is 1. The first-order chi connectivity index (χ1) is 16.5. The summed E-state index contributed by atoms with van der Waals surface area (Å²) in [6.45, 7) is 2.26. The number of benzene rings is 1. The third-order valence-electron chi connectivity index (χ3n) is 5.33. The number of methoxy groups -OCH3 is 1. The lowest BCUT2D eigenvalue weighted by atomic mass is 10.2. The summed E-state index contributed by atoms with van der Waals surface area (Å²) in [5, 5.41) is 20.4. The number of hydrogen-bond acceptors (Lipinski definition) is 10. The quantitative estimate of drug-likeness (QED) is 0.363. The predicted molar refractivity (Wildman–Crippen MR) is 125 cm³/mol. The summed E-state index contributed by atoms with van der Waals surface area (Å²) in [6.07, 6.45) is 5.92. The van der Waals surface area contributed by atoms with Crippen molar-refractivity contribution in [2.45, 2.75) is 32.2 Å². The minimum Gasteiger partial charge on any atom is -0.495 e. The summed E-state index contributed by atoms with van der Waals surface area (Å²) in [5.41, 5.74) is 9.38. The molecule has 0 radical (unpaired) electrons. The van der Waals surface area contributed by atoms with Crippen LogP contribution in [0.5, 0.6) is 5.75 Å². The Labute approximate surface area is 205 Å². The summed E-state index contributed by atoms with van der Waals surface area (Å²) in [6, 6.07) is 3.16. The maximum atomic E-state index is 13.2. The van der Waals surface area contributed by atoms with Crippen LogP contribution in [0, 0.1) is 0 Å². The maximum absolute atomic E-state index is 13.2. The molecule has 1 fully saturated rings. The van der Waals surface area contributed by atoms with Crippen LogP contribution in [0.2, 0.25) is 10.0 Å². The first-order valence-corrected chi connectivity index (χ1v) is 11.3. The van der Waals surface area contributed by atoms with Crippen LogP contribution in [0.1, 0.15) is 47.4 Å². The van der Waals surface area contributed by atoms with Gasteiger partial charge in [0.05, 0.1) is 18.3 Å². The van der Waals surface area contributed by atoms with Crippen molar-refractivity contribution >= 4 is 41.1 Å². The van der Waals surface area contributed by atoms with E-state index in [9.17, 15) is 4.79 Å². The largest absolute Gasteiger partial charge is 0.495 e. The molecule has 0 aliphatic carbocycles. The van der Waals surface area contributed by atoms with Gasteiger partial charge in [-0.15, -0.1) is 5.10 Å². The molecule has 3 N–H and O–H groups in total. The van der Waals surface area contributed by atoms with Crippen LogP contribution in [0.25, 0.3) is 5.82 Å². The number of anilines is 1. The number of nitrogens with one attached hydrogen (secondary N) is 1. The van der Waals surface area contributed by atoms with E-state index in [1.807, 2.05) is 0 Å². The molecule has 3 heterocycles. The van der Waals surface area contributed by atoms with Gasteiger partial charge < -0.3 is 10.5 Å². The molecule has 12 nitrogen and oxygen atoms in total. The van der Waals surface area contributed by atoms with E-state index < -0.39 is 5.91 Å². The highest BCUT2D eigenvalue weighted by molar-refractivity contribution is 6.36. The SMILES string of the molecule is COc1c(Cl)cc(Cl)cc1C=NNC(=O)c1c(CN2CCCCCC2)nnn1-c1nonc1N. The Kier molecular flexibility index (Phi) is 7.60. The van der Waals surface area contributed by atoms with Crippen molar-refractivity contribution in [2.75, 3.05) is 25.9 Å². The van der Waals surface area contributed by atoms with Crippen LogP contribution in [0.15, 0.2) is 21.9 Å². The number of hydrogen-bond donors (Lipinski definition) is 2. The van der Waals surface area contributed by atoms with Gasteiger partial charge in [-0.25, -0.2) is 10.1 Å². The normalized spacial score (nSPS) is 14.9. The Morgan fingerprint density at radius 3 is 2.71 bits per heavy atom. The minimum absolute atomic E-state index is 0.0259. The lowest BCUT2D eigenvalue weighted by molar-refractivity contribution is 0.0945. The van der Waals surface area contributed by atoms with E-state index in [-0.39, 0.29) is 17.3 Å². The summed E-state index contributed by atoms with van der Waals surface area (Å²) in [4.78, 5) is 15.4. The number of carbonyl (C=O) groups excluding carboxylic acids is 1. The molecule has 0 unspecified atom stereocenters. The predicted octanol–water partition coefficient (Wildman–Crippen LogP) is 2.69. The fourth-order valence-corrected chi connectivity index (χ4v) is 4.33. The van der Waals surface area contributed by atoms with Crippen LogP contribution in [-0.2, 0) is 6.54 Å². The summed E-state index contributed by atoms with van der Waals surface area (Å²) in [7, 11) is 1.47.